The highest BCUT2D eigenvalue weighted by Crippen LogP contribution is 2.29. The summed E-state index contributed by atoms with van der Waals surface area (Å²) in [7, 11) is 0. The van der Waals surface area contributed by atoms with E-state index < -0.39 is 0 Å². The van der Waals surface area contributed by atoms with Crippen molar-refractivity contribution in [3.8, 4) is 0 Å². The third-order valence-electron chi connectivity index (χ3n) is 3.08. The molecule has 0 saturated heterocycles. The van der Waals surface area contributed by atoms with Crippen LogP contribution in [0.1, 0.15) is 29.7 Å². The van der Waals surface area contributed by atoms with Gasteiger partial charge in [-0.1, -0.05) is 46.6 Å². The van der Waals surface area contributed by atoms with Crippen LogP contribution in [0.4, 0.5) is 4.39 Å². The predicted molar refractivity (Wildman–Crippen MR) is 85.8 cm³/mol. The second-order valence-electron chi connectivity index (χ2n) is 4.72. The van der Waals surface area contributed by atoms with Crippen LogP contribution in [0.2, 0.25) is 5.02 Å². The van der Waals surface area contributed by atoms with Gasteiger partial charge in [-0.3, -0.25) is 0 Å². The highest BCUT2D eigenvalue weighted by molar-refractivity contribution is 9.10. The molecule has 0 saturated carbocycles. The molecule has 0 bridgehead atoms. The van der Waals surface area contributed by atoms with E-state index in [1.807, 2.05) is 26.0 Å². The third kappa shape index (κ3) is 3.60. The van der Waals surface area contributed by atoms with Gasteiger partial charge in [0.2, 0.25) is 0 Å². The van der Waals surface area contributed by atoms with Crippen LogP contribution in [0.15, 0.2) is 40.9 Å². The van der Waals surface area contributed by atoms with Crippen molar-refractivity contribution in [3.63, 3.8) is 0 Å². The van der Waals surface area contributed by atoms with Gasteiger partial charge in [-0.05, 0) is 48.9 Å². The highest BCUT2D eigenvalue weighted by Gasteiger charge is 2.18. The summed E-state index contributed by atoms with van der Waals surface area (Å²) < 4.78 is 15.2. The van der Waals surface area contributed by atoms with Crippen molar-refractivity contribution >= 4 is 27.5 Å². The molecule has 0 heterocycles. The molecule has 0 aromatic heterocycles. The lowest BCUT2D eigenvalue weighted by molar-refractivity contribution is 0.559. The van der Waals surface area contributed by atoms with Crippen LogP contribution in [0.3, 0.4) is 0 Å². The number of aryl methyl sites for hydroxylation is 1. The van der Waals surface area contributed by atoms with Crippen molar-refractivity contribution < 1.29 is 4.39 Å². The molecule has 2 rings (SSSR count). The maximum Gasteiger partial charge on any atom is 0.129 e. The van der Waals surface area contributed by atoms with E-state index in [2.05, 4.69) is 27.3 Å². The first kappa shape index (κ1) is 15.5. The van der Waals surface area contributed by atoms with E-state index in [9.17, 15) is 4.39 Å². The van der Waals surface area contributed by atoms with Crippen LogP contribution in [0, 0.1) is 12.7 Å². The Bertz CT molecular complexity index is 595. The van der Waals surface area contributed by atoms with Crippen LogP contribution in [0.25, 0.3) is 0 Å². The molecule has 1 nitrogen and oxygen atoms in total. The van der Waals surface area contributed by atoms with Gasteiger partial charge >= 0.3 is 0 Å². The summed E-state index contributed by atoms with van der Waals surface area (Å²) in [6.45, 7) is 4.78. The minimum absolute atomic E-state index is 0.187. The Morgan fingerprint density at radius 3 is 2.60 bits per heavy atom. The second-order valence-corrected chi connectivity index (χ2v) is 6.07. The van der Waals surface area contributed by atoms with Crippen molar-refractivity contribution in [1.82, 2.24) is 5.32 Å². The van der Waals surface area contributed by atoms with Crippen LogP contribution in [-0.4, -0.2) is 6.54 Å². The molecule has 0 aliphatic rings. The summed E-state index contributed by atoms with van der Waals surface area (Å²) >= 11 is 9.32. The summed E-state index contributed by atoms with van der Waals surface area (Å²) in [5.41, 5.74) is 2.76. The van der Waals surface area contributed by atoms with Crippen LogP contribution in [0.5, 0.6) is 0 Å². The summed E-state index contributed by atoms with van der Waals surface area (Å²) in [6, 6.07) is 10.7. The Hall–Kier alpha value is -0.900. The van der Waals surface area contributed by atoms with Gasteiger partial charge < -0.3 is 5.32 Å². The lowest BCUT2D eigenvalue weighted by atomic mass is 9.97. The van der Waals surface area contributed by atoms with E-state index in [-0.39, 0.29) is 11.9 Å². The lowest BCUT2D eigenvalue weighted by Crippen LogP contribution is -2.23. The molecular formula is C16H16BrClFN. The minimum atomic E-state index is -0.291. The maximum atomic E-state index is 14.2. The molecule has 1 unspecified atom stereocenters. The zero-order chi connectivity index (χ0) is 14.7. The van der Waals surface area contributed by atoms with Gasteiger partial charge in [0.1, 0.15) is 5.82 Å². The summed E-state index contributed by atoms with van der Waals surface area (Å²) in [5, 5.41) is 3.74. The van der Waals surface area contributed by atoms with E-state index in [1.165, 1.54) is 6.07 Å². The molecular weight excluding hydrogens is 341 g/mol. The van der Waals surface area contributed by atoms with Gasteiger partial charge in [0.15, 0.2) is 0 Å². The monoisotopic (exact) mass is 355 g/mol. The Labute approximate surface area is 132 Å². The van der Waals surface area contributed by atoms with E-state index >= 15 is 0 Å². The molecule has 4 heteroatoms. The molecule has 1 atom stereocenters. The topological polar surface area (TPSA) is 12.0 Å². The highest BCUT2D eigenvalue weighted by atomic mass is 79.9. The summed E-state index contributed by atoms with van der Waals surface area (Å²) in [6.07, 6.45) is 0. The SMILES string of the molecule is CCNC(c1cc(C)cc(Br)c1)c1ccc(Cl)cc1F. The van der Waals surface area contributed by atoms with Crippen LogP contribution >= 0.6 is 27.5 Å². The van der Waals surface area contributed by atoms with E-state index in [4.69, 9.17) is 11.6 Å². The Kier molecular flexibility index (Phi) is 5.19. The average molecular weight is 357 g/mol. The van der Waals surface area contributed by atoms with Gasteiger partial charge in [0.05, 0.1) is 6.04 Å². The minimum Gasteiger partial charge on any atom is -0.306 e. The fraction of sp³-hybridized carbons (Fsp3) is 0.250. The molecule has 106 valence electrons. The number of hydrogen-bond donors (Lipinski definition) is 1. The maximum absolute atomic E-state index is 14.2. The normalized spacial score (nSPS) is 12.4. The fourth-order valence-electron chi connectivity index (χ4n) is 2.28. The number of rotatable bonds is 4. The van der Waals surface area contributed by atoms with Crippen molar-refractivity contribution in [1.29, 1.82) is 0 Å². The Balaban J connectivity index is 2.49. The molecule has 0 aliphatic carbocycles. The third-order valence-corrected chi connectivity index (χ3v) is 3.77. The Morgan fingerprint density at radius 1 is 1.25 bits per heavy atom. The van der Waals surface area contributed by atoms with Gasteiger partial charge in [-0.15, -0.1) is 0 Å². The first-order valence-corrected chi connectivity index (χ1v) is 7.63. The van der Waals surface area contributed by atoms with Gasteiger partial charge in [-0.25, -0.2) is 4.39 Å². The molecule has 2 aromatic carbocycles. The fourth-order valence-corrected chi connectivity index (χ4v) is 3.06. The first-order valence-electron chi connectivity index (χ1n) is 6.46. The predicted octanol–water partition coefficient (Wildman–Crippen LogP) is 5.25. The van der Waals surface area contributed by atoms with Gasteiger partial charge in [0, 0.05) is 15.1 Å². The van der Waals surface area contributed by atoms with E-state index in [1.54, 1.807) is 12.1 Å². The lowest BCUT2D eigenvalue weighted by Gasteiger charge is -2.20. The molecule has 0 fully saturated rings. The quantitative estimate of drug-likeness (QED) is 0.789. The van der Waals surface area contributed by atoms with Gasteiger partial charge in [-0.2, -0.15) is 0 Å². The molecule has 0 aliphatic heterocycles. The van der Waals surface area contributed by atoms with Crippen LogP contribution < -0.4 is 5.32 Å². The van der Waals surface area contributed by atoms with Gasteiger partial charge in [0.25, 0.3) is 0 Å². The molecule has 2 aromatic rings. The summed E-state index contributed by atoms with van der Waals surface area (Å²) in [5.74, 6) is -0.291. The summed E-state index contributed by atoms with van der Waals surface area (Å²) in [4.78, 5) is 0. The molecule has 0 radical (unpaired) electrons. The second kappa shape index (κ2) is 6.70. The van der Waals surface area contributed by atoms with Crippen molar-refractivity contribution in [2.24, 2.45) is 0 Å². The molecule has 0 spiro atoms. The average Bonchev–Trinajstić information content (AvgIpc) is 2.35. The zero-order valence-corrected chi connectivity index (χ0v) is 13.7. The molecule has 20 heavy (non-hydrogen) atoms. The molecule has 0 amide bonds. The smallest absolute Gasteiger partial charge is 0.129 e. The number of hydrogen-bond acceptors (Lipinski definition) is 1. The number of benzene rings is 2. The van der Waals surface area contributed by atoms with Crippen molar-refractivity contribution in [3.05, 3.63) is 68.4 Å². The molecule has 1 N–H and O–H groups in total. The van der Waals surface area contributed by atoms with E-state index in [0.29, 0.717) is 10.6 Å². The number of nitrogens with one attached hydrogen (secondary N) is 1. The number of halogens is 3. The standard InChI is InChI=1S/C16H16BrClFN/c1-3-20-16(11-6-10(2)7-12(17)8-11)14-5-4-13(18)9-15(14)19/h4-9,16,20H,3H2,1-2H3. The van der Waals surface area contributed by atoms with E-state index in [0.717, 1.165) is 22.1 Å². The largest absolute Gasteiger partial charge is 0.306 e. The zero-order valence-electron chi connectivity index (χ0n) is 11.4. The van der Waals surface area contributed by atoms with Crippen molar-refractivity contribution in [2.75, 3.05) is 6.54 Å². The Morgan fingerprint density at radius 2 is 2.00 bits per heavy atom. The van der Waals surface area contributed by atoms with Crippen LogP contribution in [-0.2, 0) is 0 Å². The van der Waals surface area contributed by atoms with Crippen molar-refractivity contribution in [2.45, 2.75) is 19.9 Å². The first-order chi connectivity index (χ1) is 9.51.